The molecule has 0 spiro atoms. The highest BCUT2D eigenvalue weighted by Crippen LogP contribution is 2.23. The second-order valence-electron chi connectivity index (χ2n) is 4.13. The molecule has 0 N–H and O–H groups in total. The Labute approximate surface area is 116 Å². The van der Waals surface area contributed by atoms with Gasteiger partial charge < -0.3 is 4.90 Å². The molecule has 0 aliphatic heterocycles. The summed E-state index contributed by atoms with van der Waals surface area (Å²) in [5, 5.41) is 11.0. The van der Waals surface area contributed by atoms with Gasteiger partial charge >= 0.3 is 0 Å². The third kappa shape index (κ3) is 3.41. The predicted octanol–water partition coefficient (Wildman–Crippen LogP) is 2.90. The molecule has 0 bridgehead atoms. The van der Waals surface area contributed by atoms with Gasteiger partial charge in [-0.2, -0.15) is 0 Å². The summed E-state index contributed by atoms with van der Waals surface area (Å²) in [6.07, 6.45) is 1.78. The number of carbonyl (C=O) groups excluding carboxylic acids is 1. The molecule has 1 unspecified atom stereocenters. The molecule has 0 radical (unpaired) electrons. The van der Waals surface area contributed by atoms with Crippen LogP contribution in [0.3, 0.4) is 0 Å². The average Bonchev–Trinajstić information content (AvgIpc) is 2.38. The van der Waals surface area contributed by atoms with Crippen molar-refractivity contribution in [3.05, 3.63) is 33.1 Å². The summed E-state index contributed by atoms with van der Waals surface area (Å²) in [6, 6.07) is 1.25. The van der Waals surface area contributed by atoms with Crippen LogP contribution in [0.2, 0.25) is 5.15 Å². The van der Waals surface area contributed by atoms with Crippen LogP contribution in [0.15, 0.2) is 12.3 Å². The van der Waals surface area contributed by atoms with E-state index >= 15 is 0 Å². The summed E-state index contributed by atoms with van der Waals surface area (Å²) in [7, 11) is 0. The lowest BCUT2D eigenvalue weighted by Gasteiger charge is -2.27. The van der Waals surface area contributed by atoms with Crippen LogP contribution in [0.5, 0.6) is 0 Å². The minimum atomic E-state index is -0.624. The van der Waals surface area contributed by atoms with Crippen molar-refractivity contribution in [1.29, 1.82) is 0 Å². The van der Waals surface area contributed by atoms with E-state index in [9.17, 15) is 14.9 Å². The van der Waals surface area contributed by atoms with Crippen molar-refractivity contribution in [2.45, 2.75) is 33.2 Å². The number of amides is 1. The Bertz CT molecular complexity index is 493. The molecule has 1 aromatic rings. The summed E-state index contributed by atoms with van der Waals surface area (Å²) in [5.74, 6) is -0.396. The van der Waals surface area contributed by atoms with Crippen molar-refractivity contribution >= 4 is 23.2 Å². The first-order valence-electron chi connectivity index (χ1n) is 6.03. The molecule has 1 amide bonds. The van der Waals surface area contributed by atoms with Crippen LogP contribution >= 0.6 is 11.6 Å². The Hall–Kier alpha value is -1.69. The number of rotatable bonds is 5. The molecule has 6 nitrogen and oxygen atoms in total. The van der Waals surface area contributed by atoms with Gasteiger partial charge in [-0.1, -0.05) is 18.5 Å². The summed E-state index contributed by atoms with van der Waals surface area (Å²) in [5.41, 5.74) is -0.344. The molecular weight excluding hydrogens is 270 g/mol. The number of carbonyl (C=O) groups is 1. The van der Waals surface area contributed by atoms with Gasteiger partial charge in [0.15, 0.2) is 0 Å². The van der Waals surface area contributed by atoms with Crippen molar-refractivity contribution in [1.82, 2.24) is 9.88 Å². The zero-order valence-electron chi connectivity index (χ0n) is 11.1. The predicted molar refractivity (Wildman–Crippen MR) is 72.4 cm³/mol. The van der Waals surface area contributed by atoms with Crippen molar-refractivity contribution < 1.29 is 9.72 Å². The third-order valence-corrected chi connectivity index (χ3v) is 3.21. The lowest BCUT2D eigenvalue weighted by Crippen LogP contribution is -2.38. The molecule has 0 fully saturated rings. The highest BCUT2D eigenvalue weighted by molar-refractivity contribution is 6.29. The second-order valence-corrected chi connectivity index (χ2v) is 4.52. The molecule has 1 atom stereocenters. The quantitative estimate of drug-likeness (QED) is 0.473. The van der Waals surface area contributed by atoms with Gasteiger partial charge in [-0.15, -0.1) is 0 Å². The fraction of sp³-hybridized carbons (Fsp3) is 0.500. The largest absolute Gasteiger partial charge is 0.336 e. The van der Waals surface area contributed by atoms with Gasteiger partial charge in [-0.25, -0.2) is 4.98 Å². The molecule has 0 aliphatic carbocycles. The maximum Gasteiger partial charge on any atom is 0.300 e. The summed E-state index contributed by atoms with van der Waals surface area (Å²) < 4.78 is 0. The number of hydrogen-bond acceptors (Lipinski definition) is 4. The monoisotopic (exact) mass is 285 g/mol. The number of pyridine rings is 1. The van der Waals surface area contributed by atoms with E-state index in [2.05, 4.69) is 4.98 Å². The van der Waals surface area contributed by atoms with E-state index in [1.54, 1.807) is 4.90 Å². The van der Waals surface area contributed by atoms with Crippen molar-refractivity contribution in [2.24, 2.45) is 0 Å². The van der Waals surface area contributed by atoms with Gasteiger partial charge in [0, 0.05) is 12.6 Å². The first-order valence-corrected chi connectivity index (χ1v) is 6.41. The van der Waals surface area contributed by atoms with E-state index in [4.69, 9.17) is 11.6 Å². The first kappa shape index (κ1) is 15.4. The molecule has 7 heteroatoms. The number of hydrogen-bond donors (Lipinski definition) is 0. The SMILES string of the molecule is CCC(C)N(CC)C(=O)c1cc(Cl)ncc1[N+](=O)[O-]. The Kier molecular flexibility index (Phi) is 5.23. The maximum absolute atomic E-state index is 12.4. The number of halogens is 1. The van der Waals surface area contributed by atoms with Crippen LogP contribution < -0.4 is 0 Å². The van der Waals surface area contributed by atoms with Crippen LogP contribution in [0.1, 0.15) is 37.6 Å². The lowest BCUT2D eigenvalue weighted by molar-refractivity contribution is -0.385. The standard InChI is InChI=1S/C12H16ClN3O3/c1-4-8(3)15(5-2)12(17)9-6-11(13)14-7-10(9)16(18)19/h6-8H,4-5H2,1-3H3. The topological polar surface area (TPSA) is 76.3 Å². The van der Waals surface area contributed by atoms with Gasteiger partial charge in [-0.05, 0) is 26.3 Å². The lowest BCUT2D eigenvalue weighted by atomic mass is 10.1. The van der Waals surface area contributed by atoms with Crippen LogP contribution in [0.25, 0.3) is 0 Å². The normalized spacial score (nSPS) is 12.0. The number of nitrogens with zero attached hydrogens (tertiary/aromatic N) is 3. The van der Waals surface area contributed by atoms with Crippen LogP contribution in [-0.2, 0) is 0 Å². The maximum atomic E-state index is 12.4. The van der Waals surface area contributed by atoms with E-state index < -0.39 is 10.8 Å². The zero-order valence-corrected chi connectivity index (χ0v) is 11.8. The third-order valence-electron chi connectivity index (χ3n) is 3.00. The highest BCUT2D eigenvalue weighted by Gasteiger charge is 2.27. The van der Waals surface area contributed by atoms with Gasteiger partial charge in [0.1, 0.15) is 16.9 Å². The van der Waals surface area contributed by atoms with E-state index in [1.807, 2.05) is 20.8 Å². The zero-order chi connectivity index (χ0) is 14.6. The van der Waals surface area contributed by atoms with Crippen molar-refractivity contribution in [3.63, 3.8) is 0 Å². The summed E-state index contributed by atoms with van der Waals surface area (Å²) in [4.78, 5) is 27.9. The minimum Gasteiger partial charge on any atom is -0.336 e. The molecule has 19 heavy (non-hydrogen) atoms. The van der Waals surface area contributed by atoms with Gasteiger partial charge in [-0.3, -0.25) is 14.9 Å². The molecule has 0 aliphatic rings. The fourth-order valence-corrected chi connectivity index (χ4v) is 1.93. The molecule has 0 saturated carbocycles. The summed E-state index contributed by atoms with van der Waals surface area (Å²) in [6.45, 7) is 6.16. The van der Waals surface area contributed by atoms with Crippen LogP contribution in [0, 0.1) is 10.1 Å². The average molecular weight is 286 g/mol. The molecule has 104 valence electrons. The van der Waals surface area contributed by atoms with E-state index in [1.165, 1.54) is 6.07 Å². The smallest absolute Gasteiger partial charge is 0.300 e. The van der Waals surface area contributed by atoms with Gasteiger partial charge in [0.2, 0.25) is 0 Å². The van der Waals surface area contributed by atoms with Crippen molar-refractivity contribution in [3.8, 4) is 0 Å². The second kappa shape index (κ2) is 6.47. The Morgan fingerprint density at radius 2 is 2.21 bits per heavy atom. The molecule has 1 aromatic heterocycles. The van der Waals surface area contributed by atoms with Crippen LogP contribution in [0.4, 0.5) is 5.69 Å². The van der Waals surface area contributed by atoms with E-state index in [0.29, 0.717) is 6.54 Å². The Balaban J connectivity index is 3.24. The number of aromatic nitrogens is 1. The molecule has 0 aromatic carbocycles. The van der Waals surface area contributed by atoms with Gasteiger partial charge in [0.05, 0.1) is 4.92 Å². The van der Waals surface area contributed by atoms with Gasteiger partial charge in [0.25, 0.3) is 11.6 Å². The molecule has 1 rings (SSSR count). The Morgan fingerprint density at radius 3 is 2.68 bits per heavy atom. The van der Waals surface area contributed by atoms with E-state index in [0.717, 1.165) is 12.6 Å². The Morgan fingerprint density at radius 1 is 1.58 bits per heavy atom. The highest BCUT2D eigenvalue weighted by atomic mass is 35.5. The van der Waals surface area contributed by atoms with Crippen LogP contribution in [-0.4, -0.2) is 33.3 Å². The molecular formula is C12H16ClN3O3. The van der Waals surface area contributed by atoms with E-state index in [-0.39, 0.29) is 22.4 Å². The summed E-state index contributed by atoms with van der Waals surface area (Å²) >= 11 is 5.72. The fourth-order valence-electron chi connectivity index (χ4n) is 1.77. The molecule has 0 saturated heterocycles. The first-order chi connectivity index (χ1) is 8.92. The minimum absolute atomic E-state index is 0.00375. The van der Waals surface area contributed by atoms with Crippen molar-refractivity contribution in [2.75, 3.05) is 6.54 Å². The number of nitro groups is 1. The molecule has 1 heterocycles.